The Morgan fingerprint density at radius 1 is 1.50 bits per heavy atom. The Bertz CT molecular complexity index is 21.5. The maximum Gasteiger partial charge on any atom is 0.106 e. The summed E-state index contributed by atoms with van der Waals surface area (Å²) < 4.78 is 0. The molecule has 0 aromatic heterocycles. The summed E-state index contributed by atoms with van der Waals surface area (Å²) in [6.07, 6.45) is 1.75. The zero-order valence-corrected chi connectivity index (χ0v) is 8.06. The first-order valence-corrected chi connectivity index (χ1v) is 1.27. The van der Waals surface area contributed by atoms with E-state index in [0.29, 0.717) is 0 Å². The van der Waals surface area contributed by atoms with Crippen molar-refractivity contribution in [3.05, 3.63) is 12.7 Å². The van der Waals surface area contributed by atoms with Crippen LogP contribution in [0, 0.1) is 31.1 Å². The molecule has 0 saturated carbocycles. The molecule has 0 radical (unpaired) electrons. The molecule has 0 aliphatic rings. The van der Waals surface area contributed by atoms with E-state index in [2.05, 4.69) is 6.58 Å². The first kappa shape index (κ1) is 16.1. The third-order valence-electron chi connectivity index (χ3n) is 0. The normalized spacial score (nSPS) is 2.83. The molecule has 6 heavy (non-hydrogen) atoms. The van der Waals surface area contributed by atoms with Crippen LogP contribution >= 0.6 is 0 Å². The zero-order valence-electron chi connectivity index (χ0n) is 3.90. The van der Waals surface area contributed by atoms with E-state index in [9.17, 15) is 0 Å². The molecule has 0 aromatic carbocycles. The first-order valence-electron chi connectivity index (χ1n) is 1.27. The van der Waals surface area contributed by atoms with E-state index in [1.54, 1.807) is 6.08 Å². The van der Waals surface area contributed by atoms with Crippen molar-refractivity contribution < 1.29 is 35.9 Å². The van der Waals surface area contributed by atoms with Gasteiger partial charge in [0.15, 0.2) is 0 Å². The van der Waals surface area contributed by atoms with Gasteiger partial charge in [-0.25, -0.2) is 0 Å². The molecule has 0 amide bonds. The van der Waals surface area contributed by atoms with Gasteiger partial charge in [-0.1, -0.05) is 6.08 Å². The van der Waals surface area contributed by atoms with Gasteiger partial charge in [-0.3, -0.25) is 0 Å². The Kier molecular flexibility index (Phi) is 136. The van der Waals surface area contributed by atoms with Crippen LogP contribution < -0.4 is 0 Å². The average molecular weight is 310 g/mol. The summed E-state index contributed by atoms with van der Waals surface area (Å²) in [6.45, 7) is 7.25. The van der Waals surface area contributed by atoms with E-state index in [-0.39, 0.29) is 31.1 Å². The summed E-state index contributed by atoms with van der Waals surface area (Å²) in [5, 5.41) is 0. The molecular weight excluding hydrogens is 302 g/mol. The molecule has 1 nitrogen and oxygen atoms in total. The van der Waals surface area contributed by atoms with E-state index >= 15 is 0 Å². The largest absolute Gasteiger partial charge is 0.307 e. The van der Waals surface area contributed by atoms with Crippen LogP contribution in [-0.4, -0.2) is 6.79 Å². The fourth-order valence-corrected chi connectivity index (χ4v) is 0. The monoisotopic (exact) mass is 310 g/mol. The summed E-state index contributed by atoms with van der Waals surface area (Å²) in [5.41, 5.74) is 0. The molecule has 0 aliphatic carbocycles. The van der Waals surface area contributed by atoms with E-state index in [1.807, 2.05) is 13.7 Å². The molecule has 0 N–H and O–H groups in total. The topological polar surface area (TPSA) is 17.1 Å². The minimum atomic E-state index is 0. The van der Waals surface area contributed by atoms with Crippen molar-refractivity contribution in [2.45, 2.75) is 6.92 Å². The van der Waals surface area contributed by atoms with Crippen LogP contribution in [-0.2, 0) is 4.79 Å². The van der Waals surface area contributed by atoms with E-state index in [1.165, 1.54) is 0 Å². The van der Waals surface area contributed by atoms with Crippen molar-refractivity contribution in [2.24, 2.45) is 0 Å². The Hall–Kier alpha value is 0.462. The molecule has 0 fully saturated rings. The van der Waals surface area contributed by atoms with Crippen LogP contribution in [0.2, 0.25) is 0 Å². The van der Waals surface area contributed by atoms with Crippen molar-refractivity contribution in [1.29, 1.82) is 0 Å². The summed E-state index contributed by atoms with van der Waals surface area (Å²) in [5.74, 6) is 0. The standard InChI is InChI=1S/C3H6.CH2O.U/c1-3-2;1-2;/h3H,1H2,2H3;1H2;. The van der Waals surface area contributed by atoms with Gasteiger partial charge in [-0.15, -0.1) is 6.58 Å². The van der Waals surface area contributed by atoms with Crippen LogP contribution in [0.4, 0.5) is 0 Å². The van der Waals surface area contributed by atoms with Gasteiger partial charge in [0, 0.05) is 31.1 Å². The summed E-state index contributed by atoms with van der Waals surface area (Å²) in [6, 6.07) is 0. The van der Waals surface area contributed by atoms with E-state index < -0.39 is 0 Å². The Morgan fingerprint density at radius 3 is 1.50 bits per heavy atom. The molecule has 0 unspecified atom stereocenters. The van der Waals surface area contributed by atoms with Gasteiger partial charge >= 0.3 is 0 Å². The maximum absolute atomic E-state index is 8.00. The maximum atomic E-state index is 8.00. The van der Waals surface area contributed by atoms with Crippen LogP contribution in [0.5, 0.6) is 0 Å². The third kappa shape index (κ3) is 251. The van der Waals surface area contributed by atoms with Crippen LogP contribution in [0.1, 0.15) is 6.92 Å². The Balaban J connectivity index is -0.0000000275. The summed E-state index contributed by atoms with van der Waals surface area (Å²) in [4.78, 5) is 8.00. The molecule has 34 valence electrons. The molecular formula is C4H8OU. The number of rotatable bonds is 0. The van der Waals surface area contributed by atoms with Crippen molar-refractivity contribution in [3.63, 3.8) is 0 Å². The van der Waals surface area contributed by atoms with Crippen molar-refractivity contribution in [1.82, 2.24) is 0 Å². The number of hydrogen-bond donors (Lipinski definition) is 0. The molecule has 0 saturated heterocycles. The predicted octanol–water partition coefficient (Wildman–Crippen LogP) is 1.01. The molecule has 0 rings (SSSR count). The predicted molar refractivity (Wildman–Crippen MR) is 23.0 cm³/mol. The number of carbonyl (C=O) groups is 1. The molecule has 0 bridgehead atoms. The second kappa shape index (κ2) is 50.9. The number of hydrogen-bond acceptors (Lipinski definition) is 1. The Morgan fingerprint density at radius 2 is 1.50 bits per heavy atom. The quantitative estimate of drug-likeness (QED) is 0.610. The van der Waals surface area contributed by atoms with Crippen LogP contribution in [0.25, 0.3) is 0 Å². The SMILES string of the molecule is C=CC.C=O.[U]. The molecule has 0 aromatic rings. The van der Waals surface area contributed by atoms with Gasteiger partial charge in [-0.2, -0.15) is 0 Å². The van der Waals surface area contributed by atoms with Gasteiger partial charge in [0.25, 0.3) is 0 Å². The molecule has 0 spiro atoms. The fourth-order valence-electron chi connectivity index (χ4n) is 0. The molecule has 0 heterocycles. The van der Waals surface area contributed by atoms with Crippen molar-refractivity contribution in [3.8, 4) is 0 Å². The van der Waals surface area contributed by atoms with Gasteiger partial charge < -0.3 is 4.79 Å². The van der Waals surface area contributed by atoms with Crippen LogP contribution in [0.3, 0.4) is 0 Å². The number of carbonyl (C=O) groups excluding carboxylic acids is 1. The van der Waals surface area contributed by atoms with E-state index in [4.69, 9.17) is 4.79 Å². The third-order valence-corrected chi connectivity index (χ3v) is 0. The molecule has 0 aliphatic heterocycles. The zero-order chi connectivity index (χ0) is 4.71. The fraction of sp³-hybridized carbons (Fsp3) is 0.250. The number of allylic oxidation sites excluding steroid dienone is 1. The molecule has 2 heteroatoms. The Labute approximate surface area is 62.2 Å². The van der Waals surface area contributed by atoms with Crippen molar-refractivity contribution >= 4 is 6.79 Å². The minimum absolute atomic E-state index is 0. The second-order valence-corrected chi connectivity index (χ2v) is 0.408. The first-order chi connectivity index (χ1) is 2.41. The average Bonchev–Trinajstić information content (AvgIpc) is 1.46. The van der Waals surface area contributed by atoms with Crippen molar-refractivity contribution in [2.75, 3.05) is 0 Å². The summed E-state index contributed by atoms with van der Waals surface area (Å²) in [7, 11) is 0. The van der Waals surface area contributed by atoms with Crippen LogP contribution in [0.15, 0.2) is 12.7 Å². The van der Waals surface area contributed by atoms with Gasteiger partial charge in [-0.05, 0) is 6.92 Å². The minimum Gasteiger partial charge on any atom is -0.307 e. The molecule has 0 atom stereocenters. The van der Waals surface area contributed by atoms with Gasteiger partial charge in [0.2, 0.25) is 0 Å². The van der Waals surface area contributed by atoms with Gasteiger partial charge in [0.05, 0.1) is 0 Å². The second-order valence-electron chi connectivity index (χ2n) is 0.408. The summed E-state index contributed by atoms with van der Waals surface area (Å²) >= 11 is 0. The van der Waals surface area contributed by atoms with E-state index in [0.717, 1.165) is 0 Å². The van der Waals surface area contributed by atoms with Gasteiger partial charge in [0.1, 0.15) is 6.79 Å². The smallest absolute Gasteiger partial charge is 0.106 e.